The number of hydrogen-bond acceptors (Lipinski definition) is 14. The van der Waals surface area contributed by atoms with Gasteiger partial charge in [0.2, 0.25) is 0 Å². The van der Waals surface area contributed by atoms with Crippen molar-refractivity contribution in [1.29, 1.82) is 0 Å². The molecule has 0 spiro atoms. The maximum atomic E-state index is 12.3. The molecule has 2 heterocycles. The van der Waals surface area contributed by atoms with E-state index < -0.39 is 86.7 Å². The molecule has 14 nitrogen and oxygen atoms in total. The van der Waals surface area contributed by atoms with Crippen molar-refractivity contribution in [2.24, 2.45) is 0 Å². The fraction of sp³-hybridized carbons (Fsp3) is 0.769. The highest BCUT2D eigenvalue weighted by atomic mass is 16.7. The average Bonchev–Trinajstić information content (AvgIpc) is 3.15. The molecule has 2 aliphatic rings. The lowest BCUT2D eigenvalue weighted by Crippen LogP contribution is -2.61. The minimum atomic E-state index is -1.71. The summed E-state index contributed by atoms with van der Waals surface area (Å²) in [7, 11) is 0. The van der Waals surface area contributed by atoms with Crippen LogP contribution in [0.2, 0.25) is 0 Å². The van der Waals surface area contributed by atoms with Gasteiger partial charge in [0.25, 0.3) is 0 Å². The number of carbonyl (C=O) groups excluding carboxylic acids is 1. The molecular formula is C39H66O14. The van der Waals surface area contributed by atoms with E-state index in [-0.39, 0.29) is 19.6 Å². The Labute approximate surface area is 314 Å². The minimum absolute atomic E-state index is 0.0406. The van der Waals surface area contributed by atoms with Crippen LogP contribution in [0, 0.1) is 0 Å². The first kappa shape index (κ1) is 47.1. The van der Waals surface area contributed by atoms with E-state index in [9.17, 15) is 40.5 Å². The van der Waals surface area contributed by atoms with E-state index in [0.717, 1.165) is 64.2 Å². The van der Waals surface area contributed by atoms with E-state index in [0.29, 0.717) is 13.0 Å². The normalized spacial score (nSPS) is 30.3. The summed E-state index contributed by atoms with van der Waals surface area (Å²) in [5, 5.41) is 71.1. The van der Waals surface area contributed by atoms with Gasteiger partial charge in [0.05, 0.1) is 26.4 Å². The summed E-state index contributed by atoms with van der Waals surface area (Å²) < 4.78 is 33.4. The number of hydrogen-bond donors (Lipinski definition) is 7. The second-order valence-corrected chi connectivity index (χ2v) is 13.4. The fourth-order valence-electron chi connectivity index (χ4n) is 5.66. The van der Waals surface area contributed by atoms with Gasteiger partial charge in [-0.3, -0.25) is 4.79 Å². The van der Waals surface area contributed by atoms with Crippen molar-refractivity contribution in [2.45, 2.75) is 158 Å². The van der Waals surface area contributed by atoms with Gasteiger partial charge in [-0.1, -0.05) is 81.7 Å². The predicted octanol–water partition coefficient (Wildman–Crippen LogP) is 2.50. The largest absolute Gasteiger partial charge is 0.457 e. The summed E-state index contributed by atoms with van der Waals surface area (Å²) in [6.45, 7) is 3.10. The van der Waals surface area contributed by atoms with Crippen LogP contribution in [0.25, 0.3) is 0 Å². The predicted molar refractivity (Wildman–Crippen MR) is 196 cm³/mol. The van der Waals surface area contributed by atoms with Gasteiger partial charge in [0, 0.05) is 13.0 Å². The molecule has 0 saturated carbocycles. The first-order valence-corrected chi connectivity index (χ1v) is 19.2. The van der Waals surface area contributed by atoms with Crippen molar-refractivity contribution >= 4 is 5.97 Å². The summed E-state index contributed by atoms with van der Waals surface area (Å²) in [5.41, 5.74) is 0. The number of rotatable bonds is 27. The van der Waals surface area contributed by atoms with Crippen LogP contribution in [0.3, 0.4) is 0 Å². The summed E-state index contributed by atoms with van der Waals surface area (Å²) in [4.78, 5) is 12.3. The molecule has 0 bridgehead atoms. The summed E-state index contributed by atoms with van der Waals surface area (Å²) >= 11 is 0. The molecule has 0 amide bonds. The van der Waals surface area contributed by atoms with E-state index >= 15 is 0 Å². The molecule has 0 aromatic carbocycles. The van der Waals surface area contributed by atoms with Crippen LogP contribution in [-0.4, -0.2) is 142 Å². The molecule has 2 fully saturated rings. The van der Waals surface area contributed by atoms with Gasteiger partial charge in [-0.25, -0.2) is 0 Å². The maximum Gasteiger partial charge on any atom is 0.306 e. The molecule has 306 valence electrons. The third-order valence-corrected chi connectivity index (χ3v) is 8.82. The van der Waals surface area contributed by atoms with E-state index in [2.05, 4.69) is 55.5 Å². The van der Waals surface area contributed by atoms with Gasteiger partial charge < -0.3 is 64.2 Å². The molecule has 0 radical (unpaired) electrons. The number of esters is 1. The van der Waals surface area contributed by atoms with Crippen LogP contribution in [0.15, 0.2) is 48.6 Å². The van der Waals surface area contributed by atoms with E-state index in [1.54, 1.807) is 0 Å². The van der Waals surface area contributed by atoms with Gasteiger partial charge in [-0.05, 0) is 51.4 Å². The standard InChI is InChI=1S/C39H66O14/c1-3-5-6-7-8-9-10-11-12-13-14-15-16-17-18-19-20-21-23-48-25-28(51-31(41)22-4-2)26-49-38-37(47)35(45)33(43)30(53-38)27-50-39-36(46)34(44)32(42)29(24-40)52-39/h5-6,8-9,11-12,14-15,28-30,32-40,42-47H,3-4,7,10,13,16-27H2,1-2H3/b6-5-,9-8-,12-11-,15-14-. The molecule has 2 saturated heterocycles. The molecule has 11 atom stereocenters. The molecule has 0 aromatic rings. The Kier molecular flexibility index (Phi) is 25.2. The van der Waals surface area contributed by atoms with Crippen molar-refractivity contribution in [3.63, 3.8) is 0 Å². The van der Waals surface area contributed by atoms with Gasteiger partial charge in [0.1, 0.15) is 54.9 Å². The molecule has 11 unspecified atom stereocenters. The van der Waals surface area contributed by atoms with Crippen molar-refractivity contribution < 1.29 is 69.0 Å². The second kappa shape index (κ2) is 28.4. The average molecular weight is 759 g/mol. The lowest BCUT2D eigenvalue weighted by Gasteiger charge is -2.42. The fourth-order valence-corrected chi connectivity index (χ4v) is 5.66. The Balaban J connectivity index is 1.70. The van der Waals surface area contributed by atoms with E-state index in [4.69, 9.17) is 28.4 Å². The molecule has 14 heteroatoms. The van der Waals surface area contributed by atoms with Crippen LogP contribution < -0.4 is 0 Å². The zero-order chi connectivity index (χ0) is 38.8. The molecule has 53 heavy (non-hydrogen) atoms. The second-order valence-electron chi connectivity index (χ2n) is 13.4. The highest BCUT2D eigenvalue weighted by Gasteiger charge is 2.47. The lowest BCUT2D eigenvalue weighted by atomic mass is 9.98. The number of aliphatic hydroxyl groups excluding tert-OH is 7. The van der Waals surface area contributed by atoms with Crippen LogP contribution in [0.1, 0.15) is 90.9 Å². The zero-order valence-corrected chi connectivity index (χ0v) is 31.5. The Morgan fingerprint density at radius 2 is 1.19 bits per heavy atom. The van der Waals surface area contributed by atoms with Gasteiger partial charge >= 0.3 is 5.97 Å². The molecule has 0 aliphatic carbocycles. The number of carbonyl (C=O) groups is 1. The smallest absolute Gasteiger partial charge is 0.306 e. The molecule has 2 rings (SSSR count). The topological polar surface area (TPSA) is 214 Å². The SMILES string of the molecule is CC/C=C\C/C=C\C/C=C\C/C=C\CCCCCCCOCC(COC1OC(COC2OC(CO)C(O)C(O)C2O)C(O)C(O)C1O)OC(=O)CCC. The van der Waals surface area contributed by atoms with Crippen LogP contribution in [-0.2, 0) is 33.2 Å². The minimum Gasteiger partial charge on any atom is -0.457 e. The zero-order valence-electron chi connectivity index (χ0n) is 31.5. The van der Waals surface area contributed by atoms with Crippen molar-refractivity contribution in [1.82, 2.24) is 0 Å². The van der Waals surface area contributed by atoms with Gasteiger partial charge in [-0.15, -0.1) is 0 Å². The Morgan fingerprint density at radius 3 is 1.81 bits per heavy atom. The highest BCUT2D eigenvalue weighted by Crippen LogP contribution is 2.26. The Hall–Kier alpha value is -2.05. The van der Waals surface area contributed by atoms with Gasteiger partial charge in [-0.2, -0.15) is 0 Å². The van der Waals surface area contributed by atoms with Crippen molar-refractivity contribution in [3.05, 3.63) is 48.6 Å². The molecular weight excluding hydrogens is 692 g/mol. The lowest BCUT2D eigenvalue weighted by molar-refractivity contribution is -0.332. The third kappa shape index (κ3) is 18.4. The first-order valence-electron chi connectivity index (χ1n) is 19.2. The number of allylic oxidation sites excluding steroid dienone is 8. The maximum absolute atomic E-state index is 12.3. The Morgan fingerprint density at radius 1 is 0.642 bits per heavy atom. The summed E-state index contributed by atoms with van der Waals surface area (Å²) in [6.07, 6.45) is 12.4. The van der Waals surface area contributed by atoms with Crippen LogP contribution in [0.5, 0.6) is 0 Å². The summed E-state index contributed by atoms with van der Waals surface area (Å²) in [6, 6.07) is 0. The third-order valence-electron chi connectivity index (χ3n) is 8.82. The first-order chi connectivity index (χ1) is 25.6. The molecule has 0 aromatic heterocycles. The highest BCUT2D eigenvalue weighted by molar-refractivity contribution is 5.69. The van der Waals surface area contributed by atoms with Crippen LogP contribution in [0.4, 0.5) is 0 Å². The number of ether oxygens (including phenoxy) is 6. The molecule has 7 N–H and O–H groups in total. The van der Waals surface area contributed by atoms with Crippen molar-refractivity contribution in [2.75, 3.05) is 33.0 Å². The van der Waals surface area contributed by atoms with E-state index in [1.807, 2.05) is 6.92 Å². The quantitative estimate of drug-likeness (QED) is 0.0365. The number of unbranched alkanes of at least 4 members (excludes halogenated alkanes) is 5. The van der Waals surface area contributed by atoms with E-state index in [1.165, 1.54) is 0 Å². The monoisotopic (exact) mass is 758 g/mol. The summed E-state index contributed by atoms with van der Waals surface area (Å²) in [5.74, 6) is -0.440. The number of aliphatic hydroxyl groups is 7. The van der Waals surface area contributed by atoms with Gasteiger partial charge in [0.15, 0.2) is 12.6 Å². The molecule has 2 aliphatic heterocycles. The van der Waals surface area contributed by atoms with Crippen LogP contribution >= 0.6 is 0 Å². The Bertz CT molecular complexity index is 1060. The van der Waals surface area contributed by atoms with Crippen molar-refractivity contribution in [3.8, 4) is 0 Å².